The van der Waals surface area contributed by atoms with Crippen molar-refractivity contribution in [2.75, 3.05) is 5.73 Å². The smallest absolute Gasteiger partial charge is 0.273 e. The molecule has 0 bridgehead atoms. The molecule has 0 aromatic carbocycles. The Morgan fingerprint density at radius 3 is 2.73 bits per heavy atom. The standard InChI is InChI=1S/C14H13N7O/c15-13-12(16-5-6-17-13)14(22)19-9-10-2-3-11(18-8-10)21-7-1-4-20-21/h1-8H,9H2,(H2,15,17)(H,19,22). The molecule has 0 aliphatic heterocycles. The molecule has 0 radical (unpaired) electrons. The number of pyridine rings is 1. The number of rotatable bonds is 4. The van der Waals surface area contributed by atoms with Gasteiger partial charge in [0.05, 0.1) is 0 Å². The first kappa shape index (κ1) is 13.7. The first-order valence-corrected chi connectivity index (χ1v) is 6.53. The Bertz CT molecular complexity index is 768. The van der Waals surface area contributed by atoms with Crippen LogP contribution in [-0.2, 0) is 6.54 Å². The van der Waals surface area contributed by atoms with Crippen molar-refractivity contribution < 1.29 is 4.79 Å². The van der Waals surface area contributed by atoms with E-state index in [9.17, 15) is 4.79 Å². The molecular formula is C14H13N7O. The minimum absolute atomic E-state index is 0.104. The van der Waals surface area contributed by atoms with Crippen molar-refractivity contribution in [1.82, 2.24) is 30.0 Å². The molecule has 0 atom stereocenters. The second-order valence-electron chi connectivity index (χ2n) is 4.45. The fourth-order valence-corrected chi connectivity index (χ4v) is 1.85. The van der Waals surface area contributed by atoms with Crippen LogP contribution in [-0.4, -0.2) is 30.6 Å². The summed E-state index contributed by atoms with van der Waals surface area (Å²) in [5.41, 5.74) is 6.58. The number of nitrogens with two attached hydrogens (primary N) is 1. The van der Waals surface area contributed by atoms with E-state index in [2.05, 4.69) is 25.4 Å². The number of carbonyl (C=O) groups excluding carboxylic acids is 1. The van der Waals surface area contributed by atoms with E-state index in [0.717, 1.165) is 5.56 Å². The molecule has 0 fully saturated rings. The van der Waals surface area contributed by atoms with Crippen LogP contribution in [0.1, 0.15) is 16.1 Å². The van der Waals surface area contributed by atoms with Gasteiger partial charge in [-0.25, -0.2) is 19.6 Å². The highest BCUT2D eigenvalue weighted by Gasteiger charge is 2.11. The Morgan fingerprint density at radius 1 is 1.18 bits per heavy atom. The van der Waals surface area contributed by atoms with Crippen LogP contribution in [0.5, 0.6) is 0 Å². The summed E-state index contributed by atoms with van der Waals surface area (Å²) in [5.74, 6) is 0.437. The number of nitrogens with one attached hydrogen (secondary N) is 1. The quantitative estimate of drug-likeness (QED) is 0.727. The highest BCUT2D eigenvalue weighted by atomic mass is 16.1. The Hall–Kier alpha value is -3.29. The third-order valence-corrected chi connectivity index (χ3v) is 2.94. The average Bonchev–Trinajstić information content (AvgIpc) is 3.08. The van der Waals surface area contributed by atoms with Gasteiger partial charge in [0.25, 0.3) is 5.91 Å². The van der Waals surface area contributed by atoms with Crippen molar-refractivity contribution in [3.63, 3.8) is 0 Å². The minimum atomic E-state index is -0.373. The van der Waals surface area contributed by atoms with Gasteiger partial charge in [-0.05, 0) is 17.7 Å². The molecule has 0 unspecified atom stereocenters. The van der Waals surface area contributed by atoms with E-state index in [4.69, 9.17) is 5.73 Å². The summed E-state index contributed by atoms with van der Waals surface area (Å²) < 4.78 is 1.66. The molecule has 110 valence electrons. The zero-order chi connectivity index (χ0) is 15.4. The number of anilines is 1. The van der Waals surface area contributed by atoms with Crippen molar-refractivity contribution in [2.24, 2.45) is 0 Å². The second kappa shape index (κ2) is 6.00. The van der Waals surface area contributed by atoms with Crippen LogP contribution in [0.3, 0.4) is 0 Å². The van der Waals surface area contributed by atoms with E-state index in [1.54, 1.807) is 23.3 Å². The van der Waals surface area contributed by atoms with Crippen molar-refractivity contribution in [2.45, 2.75) is 6.54 Å². The first-order valence-electron chi connectivity index (χ1n) is 6.53. The normalized spacial score (nSPS) is 10.4. The topological polar surface area (TPSA) is 112 Å². The zero-order valence-electron chi connectivity index (χ0n) is 11.5. The molecule has 0 saturated carbocycles. The third kappa shape index (κ3) is 2.90. The highest BCUT2D eigenvalue weighted by Crippen LogP contribution is 2.06. The predicted octanol–water partition coefficient (Wildman–Crippen LogP) is 0.569. The molecule has 8 heteroatoms. The van der Waals surface area contributed by atoms with E-state index in [1.165, 1.54) is 12.4 Å². The van der Waals surface area contributed by atoms with Crippen molar-refractivity contribution >= 4 is 11.7 Å². The summed E-state index contributed by atoms with van der Waals surface area (Å²) in [7, 11) is 0. The molecule has 0 spiro atoms. The van der Waals surface area contributed by atoms with Gasteiger partial charge in [-0.2, -0.15) is 5.10 Å². The molecule has 8 nitrogen and oxygen atoms in total. The first-order chi connectivity index (χ1) is 10.7. The molecule has 22 heavy (non-hydrogen) atoms. The molecule has 3 rings (SSSR count). The van der Waals surface area contributed by atoms with E-state index < -0.39 is 0 Å². The Morgan fingerprint density at radius 2 is 2.05 bits per heavy atom. The van der Waals surface area contributed by atoms with Gasteiger partial charge in [0, 0.05) is 37.5 Å². The third-order valence-electron chi connectivity index (χ3n) is 2.94. The lowest BCUT2D eigenvalue weighted by molar-refractivity contribution is 0.0946. The number of amides is 1. The van der Waals surface area contributed by atoms with Crippen LogP contribution in [0.4, 0.5) is 5.82 Å². The van der Waals surface area contributed by atoms with E-state index in [1.807, 2.05) is 18.2 Å². The maximum absolute atomic E-state index is 12.0. The number of carbonyl (C=O) groups is 1. The van der Waals surface area contributed by atoms with E-state index in [0.29, 0.717) is 12.4 Å². The number of aromatic nitrogens is 5. The van der Waals surface area contributed by atoms with Gasteiger partial charge in [0.2, 0.25) is 0 Å². The Labute approximate surface area is 126 Å². The van der Waals surface area contributed by atoms with Crippen molar-refractivity contribution in [1.29, 1.82) is 0 Å². The van der Waals surface area contributed by atoms with Crippen molar-refractivity contribution in [3.05, 3.63) is 60.4 Å². The minimum Gasteiger partial charge on any atom is -0.382 e. The van der Waals surface area contributed by atoms with Crippen LogP contribution in [0, 0.1) is 0 Å². The van der Waals surface area contributed by atoms with Gasteiger partial charge < -0.3 is 11.1 Å². The lowest BCUT2D eigenvalue weighted by Gasteiger charge is -2.06. The summed E-state index contributed by atoms with van der Waals surface area (Å²) in [6, 6.07) is 5.51. The van der Waals surface area contributed by atoms with Crippen LogP contribution in [0.2, 0.25) is 0 Å². The van der Waals surface area contributed by atoms with Crippen LogP contribution >= 0.6 is 0 Å². The second-order valence-corrected chi connectivity index (χ2v) is 4.45. The number of hydrogen-bond donors (Lipinski definition) is 2. The summed E-state index contributed by atoms with van der Waals surface area (Å²) in [6.45, 7) is 0.321. The number of nitrogen functional groups attached to an aromatic ring is 1. The molecule has 3 N–H and O–H groups in total. The molecule has 0 aliphatic rings. The number of hydrogen-bond acceptors (Lipinski definition) is 6. The average molecular weight is 295 g/mol. The molecule has 0 saturated heterocycles. The Balaban J connectivity index is 1.64. The summed E-state index contributed by atoms with van der Waals surface area (Å²) in [5, 5.41) is 6.82. The van der Waals surface area contributed by atoms with Crippen molar-refractivity contribution in [3.8, 4) is 5.82 Å². The highest BCUT2D eigenvalue weighted by molar-refractivity contribution is 5.96. The summed E-state index contributed by atoms with van der Waals surface area (Å²) in [4.78, 5) is 24.0. The maximum Gasteiger partial charge on any atom is 0.273 e. The largest absolute Gasteiger partial charge is 0.382 e. The monoisotopic (exact) mass is 295 g/mol. The lowest BCUT2D eigenvalue weighted by atomic mass is 10.2. The van der Waals surface area contributed by atoms with Gasteiger partial charge >= 0.3 is 0 Å². The SMILES string of the molecule is Nc1nccnc1C(=O)NCc1ccc(-n2cccn2)nc1. The van der Waals surface area contributed by atoms with Gasteiger partial charge in [0.1, 0.15) is 0 Å². The fourth-order valence-electron chi connectivity index (χ4n) is 1.85. The van der Waals surface area contributed by atoms with Crippen LogP contribution < -0.4 is 11.1 Å². The lowest BCUT2D eigenvalue weighted by Crippen LogP contribution is -2.25. The Kier molecular flexibility index (Phi) is 3.73. The van der Waals surface area contributed by atoms with Gasteiger partial charge in [-0.3, -0.25) is 4.79 Å². The van der Waals surface area contributed by atoms with E-state index >= 15 is 0 Å². The van der Waals surface area contributed by atoms with E-state index in [-0.39, 0.29) is 17.4 Å². The van der Waals surface area contributed by atoms with Crippen LogP contribution in [0.25, 0.3) is 5.82 Å². The van der Waals surface area contributed by atoms with Crippen LogP contribution in [0.15, 0.2) is 49.2 Å². The van der Waals surface area contributed by atoms with Gasteiger partial charge in [0.15, 0.2) is 17.3 Å². The molecule has 3 aromatic rings. The van der Waals surface area contributed by atoms with Gasteiger partial charge in [-0.1, -0.05) is 6.07 Å². The molecule has 3 aromatic heterocycles. The van der Waals surface area contributed by atoms with Gasteiger partial charge in [-0.15, -0.1) is 0 Å². The molecule has 0 aliphatic carbocycles. The molecular weight excluding hydrogens is 282 g/mol. The summed E-state index contributed by atoms with van der Waals surface area (Å²) in [6.07, 6.45) is 8.02. The molecule has 1 amide bonds. The molecule has 3 heterocycles. The maximum atomic E-state index is 12.0. The number of nitrogens with zero attached hydrogens (tertiary/aromatic N) is 5. The zero-order valence-corrected chi connectivity index (χ0v) is 11.5. The summed E-state index contributed by atoms with van der Waals surface area (Å²) >= 11 is 0. The predicted molar refractivity (Wildman–Crippen MR) is 79.0 cm³/mol. The fraction of sp³-hybridized carbons (Fsp3) is 0.0714.